The second-order valence-corrected chi connectivity index (χ2v) is 13.6. The van der Waals surface area contributed by atoms with Gasteiger partial charge in [-0.25, -0.2) is 13.4 Å². The number of hydrogen-bond acceptors (Lipinski definition) is 8. The number of amides is 1. The van der Waals surface area contributed by atoms with Gasteiger partial charge in [0.05, 0.1) is 27.3 Å². The highest BCUT2D eigenvalue weighted by atomic mass is 32.2. The minimum atomic E-state index is -3.63. The number of sulfonamides is 1. The first kappa shape index (κ1) is 28.0. The Hall–Kier alpha value is -2.57. The van der Waals surface area contributed by atoms with Gasteiger partial charge in [-0.2, -0.15) is 4.31 Å². The summed E-state index contributed by atoms with van der Waals surface area (Å²) in [6.45, 7) is 13.6. The van der Waals surface area contributed by atoms with Crippen molar-refractivity contribution in [3.05, 3.63) is 53.1 Å². The van der Waals surface area contributed by atoms with Gasteiger partial charge in [0.1, 0.15) is 0 Å². The fourth-order valence-corrected chi connectivity index (χ4v) is 8.12. The number of hydrogen-bond donors (Lipinski definition) is 1. The van der Waals surface area contributed by atoms with E-state index in [9.17, 15) is 13.2 Å². The summed E-state index contributed by atoms with van der Waals surface area (Å²) >= 11 is 1.76. The van der Waals surface area contributed by atoms with Crippen molar-refractivity contribution in [2.24, 2.45) is 0 Å². The van der Waals surface area contributed by atoms with Crippen LogP contribution in [0.25, 0.3) is 10.2 Å². The summed E-state index contributed by atoms with van der Waals surface area (Å²) in [4.78, 5) is 22.5. The molecule has 2 aromatic carbocycles. The van der Waals surface area contributed by atoms with Gasteiger partial charge in [0, 0.05) is 57.9 Å². The van der Waals surface area contributed by atoms with Crippen LogP contribution in [0.15, 0.2) is 41.3 Å². The van der Waals surface area contributed by atoms with Crippen molar-refractivity contribution in [1.82, 2.24) is 19.5 Å². The SMILES string of the molecule is Cc1cc(C)c2nc(N3CCN(CCNC(=O)c4ccc(S(=O)(=O)N5CC(C)OC(C)C5)cc4)CC3)sc2c1. The lowest BCUT2D eigenvalue weighted by Crippen LogP contribution is -2.48. The number of fused-ring (bicyclic) bond motifs is 1. The second kappa shape index (κ2) is 11.5. The Kier molecular flexibility index (Phi) is 8.25. The lowest BCUT2D eigenvalue weighted by molar-refractivity contribution is -0.0440. The van der Waals surface area contributed by atoms with Gasteiger partial charge in [-0.15, -0.1) is 0 Å². The number of aryl methyl sites for hydroxylation is 2. The minimum Gasteiger partial charge on any atom is -0.373 e. The first-order chi connectivity index (χ1) is 18.6. The predicted molar refractivity (Wildman–Crippen MR) is 155 cm³/mol. The lowest BCUT2D eigenvalue weighted by atomic mass is 10.1. The maximum Gasteiger partial charge on any atom is 0.251 e. The van der Waals surface area contributed by atoms with Crippen LogP contribution in [0.2, 0.25) is 0 Å². The largest absolute Gasteiger partial charge is 0.373 e. The number of anilines is 1. The zero-order chi connectivity index (χ0) is 27.7. The maximum absolute atomic E-state index is 13.1. The molecule has 9 nitrogen and oxygen atoms in total. The fraction of sp³-hybridized carbons (Fsp3) is 0.500. The number of nitrogens with zero attached hydrogens (tertiary/aromatic N) is 4. The van der Waals surface area contributed by atoms with Crippen molar-refractivity contribution < 1.29 is 17.9 Å². The van der Waals surface area contributed by atoms with Crippen LogP contribution in [0.3, 0.4) is 0 Å². The van der Waals surface area contributed by atoms with Gasteiger partial charge in [0.2, 0.25) is 10.0 Å². The zero-order valence-corrected chi connectivity index (χ0v) is 24.6. The van der Waals surface area contributed by atoms with Gasteiger partial charge in [-0.05, 0) is 69.2 Å². The summed E-state index contributed by atoms with van der Waals surface area (Å²) in [5, 5.41) is 4.05. The molecule has 2 atom stereocenters. The molecule has 0 radical (unpaired) electrons. The van der Waals surface area contributed by atoms with Crippen molar-refractivity contribution in [2.45, 2.75) is 44.8 Å². The van der Waals surface area contributed by atoms with Crippen molar-refractivity contribution in [1.29, 1.82) is 0 Å². The topological polar surface area (TPSA) is 95.1 Å². The number of rotatable bonds is 7. The molecule has 1 N–H and O–H groups in total. The van der Waals surface area contributed by atoms with Crippen LogP contribution >= 0.6 is 11.3 Å². The molecule has 0 bridgehead atoms. The van der Waals surface area contributed by atoms with Gasteiger partial charge >= 0.3 is 0 Å². The van der Waals surface area contributed by atoms with E-state index >= 15 is 0 Å². The van der Waals surface area contributed by atoms with E-state index in [4.69, 9.17) is 9.72 Å². The molecule has 5 rings (SSSR count). The number of ether oxygens (including phenoxy) is 1. The molecule has 2 saturated heterocycles. The Morgan fingerprint density at radius 2 is 1.72 bits per heavy atom. The minimum absolute atomic E-state index is 0.155. The van der Waals surface area contributed by atoms with Crippen LogP contribution < -0.4 is 10.2 Å². The summed E-state index contributed by atoms with van der Waals surface area (Å²) in [6.07, 6.45) is -0.310. The number of piperazine rings is 1. The third kappa shape index (κ3) is 6.28. The lowest BCUT2D eigenvalue weighted by Gasteiger charge is -2.34. The summed E-state index contributed by atoms with van der Waals surface area (Å²) in [5.74, 6) is -0.202. The van der Waals surface area contributed by atoms with Crippen molar-refractivity contribution in [3.63, 3.8) is 0 Å². The molecule has 0 aliphatic carbocycles. The van der Waals surface area contributed by atoms with Gasteiger partial charge in [0.15, 0.2) is 5.13 Å². The number of morpholine rings is 1. The monoisotopic (exact) mass is 571 g/mol. The molecule has 0 saturated carbocycles. The van der Waals surface area contributed by atoms with E-state index in [1.54, 1.807) is 23.5 Å². The molecule has 2 aliphatic heterocycles. The molecule has 39 heavy (non-hydrogen) atoms. The average Bonchev–Trinajstić information content (AvgIpc) is 3.33. The standard InChI is InChI=1S/C28H37N5O4S2/c1-19-15-20(2)26-25(16-19)38-28(30-26)32-13-11-31(12-14-32)10-9-29-27(34)23-5-7-24(8-6-23)39(35,36)33-17-21(3)37-22(4)18-33/h5-8,15-16,21-22H,9-14,17-18H2,1-4H3,(H,29,34). The van der Waals surface area contributed by atoms with Crippen LogP contribution in [0.5, 0.6) is 0 Å². The number of carbonyl (C=O) groups is 1. The highest BCUT2D eigenvalue weighted by Gasteiger charge is 2.32. The van der Waals surface area contributed by atoms with Gasteiger partial charge in [0.25, 0.3) is 5.91 Å². The van der Waals surface area contributed by atoms with E-state index in [1.807, 2.05) is 13.8 Å². The number of aromatic nitrogens is 1. The molecule has 2 unspecified atom stereocenters. The molecule has 3 heterocycles. The first-order valence-corrected chi connectivity index (χ1v) is 15.7. The van der Waals surface area contributed by atoms with E-state index in [2.05, 4.69) is 41.1 Å². The molecule has 1 aromatic heterocycles. The molecule has 1 amide bonds. The Morgan fingerprint density at radius 3 is 2.38 bits per heavy atom. The van der Waals surface area contributed by atoms with Crippen molar-refractivity contribution in [2.75, 3.05) is 57.3 Å². The molecular weight excluding hydrogens is 534 g/mol. The molecule has 0 spiro atoms. The maximum atomic E-state index is 13.1. The zero-order valence-electron chi connectivity index (χ0n) is 23.0. The van der Waals surface area contributed by atoms with E-state index in [-0.39, 0.29) is 23.0 Å². The fourth-order valence-electron chi connectivity index (χ4n) is 5.34. The van der Waals surface area contributed by atoms with Gasteiger partial charge < -0.3 is 15.0 Å². The molecule has 210 valence electrons. The number of nitrogens with one attached hydrogen (secondary N) is 1. The molecule has 3 aromatic rings. The Labute approximate surface area is 234 Å². The summed E-state index contributed by atoms with van der Waals surface area (Å²) < 4.78 is 34.5. The summed E-state index contributed by atoms with van der Waals surface area (Å²) in [5.41, 5.74) is 4.03. The first-order valence-electron chi connectivity index (χ1n) is 13.5. The number of thiazole rings is 1. The normalized spacial score (nSPS) is 21.4. The molecule has 2 aliphatic rings. The number of carbonyl (C=O) groups excluding carboxylic acids is 1. The van der Waals surface area contributed by atoms with Crippen LogP contribution in [0, 0.1) is 13.8 Å². The van der Waals surface area contributed by atoms with Gasteiger partial charge in [-0.3, -0.25) is 9.69 Å². The Balaban J connectivity index is 1.09. The Morgan fingerprint density at radius 1 is 1.05 bits per heavy atom. The highest BCUT2D eigenvalue weighted by molar-refractivity contribution is 7.89. The molecule has 11 heteroatoms. The van der Waals surface area contributed by atoms with Crippen molar-refractivity contribution >= 4 is 42.6 Å². The van der Waals surface area contributed by atoms with E-state index < -0.39 is 10.0 Å². The molecular formula is C28H37N5O4S2. The summed E-state index contributed by atoms with van der Waals surface area (Å²) in [6, 6.07) is 10.6. The Bertz CT molecular complexity index is 1420. The highest BCUT2D eigenvalue weighted by Crippen LogP contribution is 2.32. The van der Waals surface area contributed by atoms with Crippen molar-refractivity contribution in [3.8, 4) is 0 Å². The number of benzene rings is 2. The molecule has 2 fully saturated rings. The second-order valence-electron chi connectivity index (χ2n) is 10.6. The quantitative estimate of drug-likeness (QED) is 0.465. The van der Waals surface area contributed by atoms with Crippen LogP contribution in [-0.2, 0) is 14.8 Å². The van der Waals surface area contributed by atoms with E-state index in [0.29, 0.717) is 25.2 Å². The van der Waals surface area contributed by atoms with Crippen LogP contribution in [-0.4, -0.2) is 93.1 Å². The van der Waals surface area contributed by atoms with Gasteiger partial charge in [-0.1, -0.05) is 17.4 Å². The average molecular weight is 572 g/mol. The van der Waals surface area contributed by atoms with E-state index in [0.717, 1.165) is 43.4 Å². The van der Waals surface area contributed by atoms with Crippen LogP contribution in [0.1, 0.15) is 35.3 Å². The smallest absolute Gasteiger partial charge is 0.251 e. The summed E-state index contributed by atoms with van der Waals surface area (Å²) in [7, 11) is -3.63. The third-order valence-electron chi connectivity index (χ3n) is 7.32. The third-order valence-corrected chi connectivity index (χ3v) is 10.2. The van der Waals surface area contributed by atoms with E-state index in [1.165, 1.54) is 32.3 Å². The predicted octanol–water partition coefficient (Wildman–Crippen LogP) is 3.26. The van der Waals surface area contributed by atoms with Crippen LogP contribution in [0.4, 0.5) is 5.13 Å².